The van der Waals surface area contributed by atoms with Crippen LogP contribution >= 0.6 is 0 Å². The summed E-state index contributed by atoms with van der Waals surface area (Å²) >= 11 is 0. The van der Waals surface area contributed by atoms with Crippen LogP contribution in [0.15, 0.2) is 30.9 Å². The molecule has 3 heterocycles. The van der Waals surface area contributed by atoms with Crippen molar-refractivity contribution in [2.24, 2.45) is 0 Å². The summed E-state index contributed by atoms with van der Waals surface area (Å²) in [6.07, 6.45) is 7.33. The third-order valence-corrected chi connectivity index (χ3v) is 4.02. The van der Waals surface area contributed by atoms with E-state index >= 15 is 0 Å². The Morgan fingerprint density at radius 2 is 2.13 bits per heavy atom. The molecule has 8 heteroatoms. The van der Waals surface area contributed by atoms with Crippen LogP contribution in [0.2, 0.25) is 0 Å². The average molecular weight is 316 g/mol. The number of β-amino-alcohol motifs (C(OH)–C–C–N with tert-alkyl or cyclic N) is 1. The predicted octanol–water partition coefficient (Wildman–Crippen LogP) is -0.261. The zero-order valence-electron chi connectivity index (χ0n) is 13.0. The summed E-state index contributed by atoms with van der Waals surface area (Å²) < 4.78 is 1.76. The molecule has 1 saturated heterocycles. The molecule has 8 nitrogen and oxygen atoms in total. The number of hydrogen-bond donors (Lipinski definition) is 2. The fourth-order valence-corrected chi connectivity index (χ4v) is 2.67. The zero-order valence-corrected chi connectivity index (χ0v) is 13.0. The van der Waals surface area contributed by atoms with E-state index in [9.17, 15) is 9.90 Å². The Balaban J connectivity index is 1.52. The molecule has 23 heavy (non-hydrogen) atoms. The summed E-state index contributed by atoms with van der Waals surface area (Å²) in [6, 6.07) is 1.75. The zero-order chi connectivity index (χ0) is 16.3. The maximum Gasteiger partial charge on any atom is 0.240 e. The molecule has 1 fully saturated rings. The Morgan fingerprint density at radius 3 is 2.83 bits per heavy atom. The Kier molecular flexibility index (Phi) is 4.24. The van der Waals surface area contributed by atoms with Crippen molar-refractivity contribution < 1.29 is 9.90 Å². The third kappa shape index (κ3) is 3.65. The number of aliphatic hydroxyl groups is 1. The van der Waals surface area contributed by atoms with Gasteiger partial charge in [0.05, 0.1) is 6.54 Å². The normalized spacial score (nSPS) is 20.7. The molecular weight excluding hydrogens is 296 g/mol. The lowest BCUT2D eigenvalue weighted by molar-refractivity contribution is -0.122. The van der Waals surface area contributed by atoms with Gasteiger partial charge in [0, 0.05) is 37.9 Å². The van der Waals surface area contributed by atoms with E-state index in [1.54, 1.807) is 35.4 Å². The lowest BCUT2D eigenvalue weighted by Crippen LogP contribution is -2.45. The van der Waals surface area contributed by atoms with Crippen molar-refractivity contribution in [1.82, 2.24) is 24.8 Å². The number of nitrogens with zero attached hydrogens (tertiary/aromatic N) is 5. The number of anilines is 1. The van der Waals surface area contributed by atoms with Gasteiger partial charge in [-0.3, -0.25) is 4.79 Å². The minimum Gasteiger partial charge on any atom is -0.386 e. The summed E-state index contributed by atoms with van der Waals surface area (Å²) in [5.74, 6) is 1.24. The monoisotopic (exact) mass is 316 g/mol. The Hall–Kier alpha value is -2.48. The topological polar surface area (TPSA) is 96.2 Å². The van der Waals surface area contributed by atoms with Crippen LogP contribution in [0.5, 0.6) is 0 Å². The van der Waals surface area contributed by atoms with E-state index in [1.807, 2.05) is 11.8 Å². The molecule has 0 bridgehead atoms. The molecule has 0 spiro atoms. The number of amides is 1. The summed E-state index contributed by atoms with van der Waals surface area (Å²) in [5, 5.41) is 13.4. The van der Waals surface area contributed by atoms with Crippen LogP contribution in [0.25, 0.3) is 0 Å². The molecule has 3 rings (SSSR count). The van der Waals surface area contributed by atoms with E-state index in [2.05, 4.69) is 20.3 Å². The number of aromatic nitrogens is 4. The first kappa shape index (κ1) is 15.4. The van der Waals surface area contributed by atoms with Crippen LogP contribution in [-0.2, 0) is 11.3 Å². The molecule has 0 aromatic carbocycles. The molecule has 2 N–H and O–H groups in total. The molecule has 1 aliphatic rings. The fourth-order valence-electron chi connectivity index (χ4n) is 2.67. The second-order valence-corrected chi connectivity index (χ2v) is 5.82. The van der Waals surface area contributed by atoms with Gasteiger partial charge < -0.3 is 19.9 Å². The highest BCUT2D eigenvalue weighted by Gasteiger charge is 2.37. The van der Waals surface area contributed by atoms with Gasteiger partial charge >= 0.3 is 0 Å². The Labute approximate surface area is 134 Å². The van der Waals surface area contributed by atoms with Gasteiger partial charge in [-0.15, -0.1) is 0 Å². The van der Waals surface area contributed by atoms with Gasteiger partial charge in [-0.2, -0.15) is 0 Å². The van der Waals surface area contributed by atoms with E-state index in [0.717, 1.165) is 5.82 Å². The van der Waals surface area contributed by atoms with E-state index in [-0.39, 0.29) is 19.0 Å². The van der Waals surface area contributed by atoms with Crippen molar-refractivity contribution >= 4 is 11.9 Å². The molecule has 0 saturated carbocycles. The molecule has 1 aliphatic heterocycles. The van der Waals surface area contributed by atoms with Crippen LogP contribution in [-0.4, -0.2) is 55.8 Å². The van der Waals surface area contributed by atoms with Crippen LogP contribution in [0.4, 0.5) is 5.95 Å². The van der Waals surface area contributed by atoms with Crippen LogP contribution in [0, 0.1) is 6.92 Å². The first-order chi connectivity index (χ1) is 11.1. The van der Waals surface area contributed by atoms with Gasteiger partial charge in [0.25, 0.3) is 0 Å². The van der Waals surface area contributed by atoms with Crippen molar-refractivity contribution in [3.8, 4) is 0 Å². The number of rotatable bonds is 5. The highest BCUT2D eigenvalue weighted by molar-refractivity contribution is 5.75. The second-order valence-electron chi connectivity index (χ2n) is 5.82. The maximum absolute atomic E-state index is 12.0. The van der Waals surface area contributed by atoms with Gasteiger partial charge in [0.15, 0.2) is 0 Å². The molecule has 1 amide bonds. The van der Waals surface area contributed by atoms with Crippen LogP contribution in [0.1, 0.15) is 12.2 Å². The lowest BCUT2D eigenvalue weighted by atomic mass is 10.0. The van der Waals surface area contributed by atoms with E-state index in [0.29, 0.717) is 25.5 Å². The minimum atomic E-state index is -0.959. The van der Waals surface area contributed by atoms with Crippen LogP contribution in [0.3, 0.4) is 0 Å². The van der Waals surface area contributed by atoms with Crippen molar-refractivity contribution in [2.75, 3.05) is 24.5 Å². The number of nitrogens with one attached hydrogen (secondary N) is 1. The first-order valence-corrected chi connectivity index (χ1v) is 7.55. The van der Waals surface area contributed by atoms with Gasteiger partial charge in [0.2, 0.25) is 11.9 Å². The first-order valence-electron chi connectivity index (χ1n) is 7.55. The van der Waals surface area contributed by atoms with E-state index in [1.165, 1.54) is 0 Å². The number of hydrogen-bond acceptors (Lipinski definition) is 6. The van der Waals surface area contributed by atoms with Crippen molar-refractivity contribution in [1.29, 1.82) is 0 Å². The van der Waals surface area contributed by atoms with Crippen molar-refractivity contribution in [2.45, 2.75) is 25.5 Å². The molecule has 122 valence electrons. The van der Waals surface area contributed by atoms with Gasteiger partial charge in [0.1, 0.15) is 18.0 Å². The standard InChI is InChI=1S/C15H20N6O2/c1-12-16-6-8-20(12)9-13(22)19-10-15(23)3-7-21(11-15)14-17-4-2-5-18-14/h2,4-6,8,23H,3,7,9-11H2,1H3,(H,19,22). The number of aryl methyl sites for hydroxylation is 1. The minimum absolute atomic E-state index is 0.145. The van der Waals surface area contributed by atoms with Gasteiger partial charge in [-0.05, 0) is 19.4 Å². The molecule has 2 aromatic heterocycles. The highest BCUT2D eigenvalue weighted by Crippen LogP contribution is 2.23. The number of carbonyl (C=O) groups excluding carboxylic acids is 1. The maximum atomic E-state index is 12.0. The smallest absolute Gasteiger partial charge is 0.240 e. The fraction of sp³-hybridized carbons (Fsp3) is 0.467. The summed E-state index contributed by atoms with van der Waals surface area (Å²) in [4.78, 5) is 26.4. The van der Waals surface area contributed by atoms with Gasteiger partial charge in [-0.25, -0.2) is 15.0 Å². The molecule has 1 unspecified atom stereocenters. The predicted molar refractivity (Wildman–Crippen MR) is 83.8 cm³/mol. The Bertz CT molecular complexity index is 674. The van der Waals surface area contributed by atoms with Crippen molar-refractivity contribution in [3.05, 3.63) is 36.7 Å². The summed E-state index contributed by atoms with van der Waals surface area (Å²) in [6.45, 7) is 3.32. The largest absolute Gasteiger partial charge is 0.386 e. The Morgan fingerprint density at radius 1 is 1.35 bits per heavy atom. The number of imidazole rings is 1. The second kappa shape index (κ2) is 6.33. The molecule has 2 aromatic rings. The average Bonchev–Trinajstić information content (AvgIpc) is 3.14. The van der Waals surface area contributed by atoms with Crippen LogP contribution < -0.4 is 10.2 Å². The van der Waals surface area contributed by atoms with E-state index in [4.69, 9.17) is 0 Å². The lowest BCUT2D eigenvalue weighted by Gasteiger charge is -2.23. The molecular formula is C15H20N6O2. The molecule has 1 atom stereocenters. The quantitative estimate of drug-likeness (QED) is 0.789. The third-order valence-electron chi connectivity index (χ3n) is 4.02. The van der Waals surface area contributed by atoms with E-state index < -0.39 is 5.60 Å². The SMILES string of the molecule is Cc1nccn1CC(=O)NCC1(O)CCN(c2ncccn2)C1. The number of carbonyl (C=O) groups is 1. The summed E-state index contributed by atoms with van der Waals surface area (Å²) in [7, 11) is 0. The molecule has 0 aliphatic carbocycles. The summed E-state index contributed by atoms with van der Waals surface area (Å²) in [5.41, 5.74) is -0.959. The van der Waals surface area contributed by atoms with Crippen molar-refractivity contribution in [3.63, 3.8) is 0 Å². The highest BCUT2D eigenvalue weighted by atomic mass is 16.3. The molecule has 0 radical (unpaired) electrons. The van der Waals surface area contributed by atoms with Gasteiger partial charge in [-0.1, -0.05) is 0 Å².